The van der Waals surface area contributed by atoms with Gasteiger partial charge in [-0.1, -0.05) is 98.9 Å². The summed E-state index contributed by atoms with van der Waals surface area (Å²) in [6.45, 7) is 8.44. The van der Waals surface area contributed by atoms with Gasteiger partial charge in [0.15, 0.2) is 12.1 Å². The van der Waals surface area contributed by atoms with Crippen molar-refractivity contribution in [3.8, 4) is 0 Å². The Bertz CT molecular complexity index is 1820. The van der Waals surface area contributed by atoms with E-state index in [1.165, 1.54) is 0 Å². The van der Waals surface area contributed by atoms with Crippen molar-refractivity contribution in [2.45, 2.75) is 189 Å². The number of hydrogen-bond donors (Lipinski definition) is 13. The maximum Gasteiger partial charge on any atom is 0.311 e. The lowest BCUT2D eigenvalue weighted by molar-refractivity contribution is -0.312. The summed E-state index contributed by atoms with van der Waals surface area (Å²) in [5.41, 5.74) is 11.6. The van der Waals surface area contributed by atoms with Gasteiger partial charge in [-0.2, -0.15) is 0 Å². The van der Waals surface area contributed by atoms with Crippen LogP contribution in [0.15, 0.2) is 85.1 Å². The van der Waals surface area contributed by atoms with E-state index in [1.807, 2.05) is 42.2 Å². The van der Waals surface area contributed by atoms with Crippen LogP contribution in [-0.4, -0.2) is 197 Å². The summed E-state index contributed by atoms with van der Waals surface area (Å²) in [7, 11) is 0. The third kappa shape index (κ3) is 21.9. The Hall–Kier alpha value is -3.52. The molecule has 19 atom stereocenters. The fourth-order valence-corrected chi connectivity index (χ4v) is 9.34. The molecule has 0 aromatic rings. The highest BCUT2D eigenvalue weighted by Crippen LogP contribution is 2.38. The quantitative estimate of drug-likeness (QED) is 0.134. The number of cyclic esters (lactones) is 1. The van der Waals surface area contributed by atoms with E-state index in [2.05, 4.69) is 0 Å². The number of carboxylic acid groups (broad SMARTS) is 1. The Balaban J connectivity index is 1.94. The van der Waals surface area contributed by atoms with Crippen LogP contribution in [0.4, 0.5) is 0 Å². The number of carboxylic acids is 1. The average Bonchev–Trinajstić information content (AvgIpc) is 3.31. The molecule has 0 unspecified atom stereocenters. The van der Waals surface area contributed by atoms with Crippen molar-refractivity contribution >= 4 is 11.9 Å². The molecule has 0 aromatic heterocycles. The van der Waals surface area contributed by atoms with Crippen LogP contribution in [-0.2, 0) is 28.5 Å². The van der Waals surface area contributed by atoms with Crippen molar-refractivity contribution in [2.24, 2.45) is 29.2 Å². The predicted octanol–water partition coefficient (Wildman–Crippen LogP) is 0.753. The molecule has 20 nitrogen and oxygen atoms in total. The monoisotopic (exact) mass is 1040 g/mol. The summed E-state index contributed by atoms with van der Waals surface area (Å²) in [4.78, 5) is 27.3. The van der Waals surface area contributed by atoms with E-state index < -0.39 is 147 Å². The minimum Gasteiger partial charge on any atom is -0.481 e. The zero-order valence-electron chi connectivity index (χ0n) is 42.8. The number of nitrogens with two attached hydrogens (primary N) is 2. The molecule has 2 saturated heterocycles. The van der Waals surface area contributed by atoms with Crippen LogP contribution in [0.5, 0.6) is 0 Å². The van der Waals surface area contributed by atoms with Crippen LogP contribution >= 0.6 is 0 Å². The molecule has 3 rings (SSSR count). The van der Waals surface area contributed by atoms with Crippen molar-refractivity contribution in [3.63, 3.8) is 0 Å². The molecule has 20 heteroatoms. The Morgan fingerprint density at radius 2 is 1.23 bits per heavy atom. The molecule has 3 aliphatic heterocycles. The number of allylic oxidation sites excluding steroid dienone is 12. The van der Waals surface area contributed by atoms with Gasteiger partial charge in [0.1, 0.15) is 18.1 Å². The molecule has 416 valence electrons. The van der Waals surface area contributed by atoms with Crippen LogP contribution < -0.4 is 11.5 Å². The van der Waals surface area contributed by atoms with E-state index in [1.54, 1.807) is 75.5 Å². The Morgan fingerprint density at radius 1 is 0.671 bits per heavy atom. The normalized spacial score (nSPS) is 41.9. The molecule has 73 heavy (non-hydrogen) atoms. The molecular formula is C53H87N3O17. The topological polar surface area (TPSA) is 349 Å². The van der Waals surface area contributed by atoms with E-state index in [0.29, 0.717) is 39.0 Å². The third-order valence-corrected chi connectivity index (χ3v) is 13.7. The summed E-state index contributed by atoms with van der Waals surface area (Å²) >= 11 is 0. The minimum absolute atomic E-state index is 0.112. The Morgan fingerprint density at radius 3 is 1.79 bits per heavy atom. The fraction of sp³-hybridized carbons (Fsp3) is 0.698. The number of aliphatic hydroxyl groups excluding tert-OH is 9. The Kier molecular flexibility index (Phi) is 28.7. The second-order valence-corrected chi connectivity index (χ2v) is 19.8. The van der Waals surface area contributed by atoms with Crippen molar-refractivity contribution in [1.82, 2.24) is 4.90 Å². The lowest BCUT2D eigenvalue weighted by Gasteiger charge is -2.47. The highest BCUT2D eigenvalue weighted by molar-refractivity contribution is 5.71. The second-order valence-electron chi connectivity index (χ2n) is 19.8. The molecule has 0 amide bonds. The summed E-state index contributed by atoms with van der Waals surface area (Å²) in [5, 5.41) is 121. The number of rotatable bonds is 10. The van der Waals surface area contributed by atoms with Crippen LogP contribution in [0.2, 0.25) is 0 Å². The first-order chi connectivity index (χ1) is 34.6. The summed E-state index contributed by atoms with van der Waals surface area (Å²) < 4.78 is 23.9. The number of fused-ring (bicyclic) bond motifs is 2. The zero-order chi connectivity index (χ0) is 54.3. The minimum atomic E-state index is -2.34. The zero-order valence-corrected chi connectivity index (χ0v) is 42.8. The van der Waals surface area contributed by atoms with Crippen molar-refractivity contribution in [2.75, 3.05) is 26.2 Å². The number of carbonyl (C=O) groups excluding carboxylic acids is 1. The van der Waals surface area contributed by atoms with Gasteiger partial charge in [-0.05, 0) is 72.1 Å². The van der Waals surface area contributed by atoms with E-state index in [9.17, 15) is 65.8 Å². The van der Waals surface area contributed by atoms with Gasteiger partial charge in [0.05, 0.1) is 79.6 Å². The molecule has 3 aliphatic rings. The number of aliphatic hydroxyl groups is 10. The molecule has 0 spiro atoms. The molecule has 0 radical (unpaired) electrons. The highest BCUT2D eigenvalue weighted by Gasteiger charge is 2.51. The predicted molar refractivity (Wildman–Crippen MR) is 272 cm³/mol. The number of carbonyl (C=O) groups is 2. The number of nitrogens with zero attached hydrogens (tertiary/aromatic N) is 1. The first kappa shape index (κ1) is 63.8. The maximum absolute atomic E-state index is 12.7. The first-order valence-electron chi connectivity index (χ1n) is 25.7. The van der Waals surface area contributed by atoms with E-state index in [-0.39, 0.29) is 31.6 Å². The van der Waals surface area contributed by atoms with E-state index in [4.69, 9.17) is 30.4 Å². The molecule has 2 fully saturated rings. The van der Waals surface area contributed by atoms with Crippen molar-refractivity contribution in [3.05, 3.63) is 85.1 Å². The summed E-state index contributed by atoms with van der Waals surface area (Å²) in [6, 6.07) is -0.868. The Labute approximate surface area is 430 Å². The second kappa shape index (κ2) is 32.8. The maximum atomic E-state index is 12.7. The molecular weight excluding hydrogens is 951 g/mol. The largest absolute Gasteiger partial charge is 0.481 e. The van der Waals surface area contributed by atoms with Gasteiger partial charge in [-0.15, -0.1) is 0 Å². The SMILES string of the molecule is C[C@@H]1[C@H](O)[C@@H](C)\C=C/C=C/C=C/C=C/C=C/C=C/C=C/[C@H](O[C@@H]2O[C@H](C)[C@@H](O)[C@H](N(CCCN)CCCN)[C@@H]2O)C[C@@H]2O[C@](O)(C[C@@H](O)C[C@@H](O)[C@H](O)CC[C@@H](O)C[C@@H](O)CC(=O)O[C@H]1C)C[C@H](O)[C@H]2C(=O)O. The van der Waals surface area contributed by atoms with Gasteiger partial charge in [0, 0.05) is 37.5 Å². The first-order valence-corrected chi connectivity index (χ1v) is 25.7. The molecule has 0 saturated carbocycles. The number of esters is 1. The van der Waals surface area contributed by atoms with Crippen LogP contribution in [0, 0.1) is 17.8 Å². The number of aliphatic carboxylic acids is 1. The van der Waals surface area contributed by atoms with Crippen molar-refractivity contribution in [1.29, 1.82) is 0 Å². The highest BCUT2D eigenvalue weighted by atomic mass is 16.7. The lowest BCUT2D eigenvalue weighted by Crippen LogP contribution is -2.64. The van der Waals surface area contributed by atoms with Gasteiger partial charge in [0.2, 0.25) is 0 Å². The molecule has 2 bridgehead atoms. The smallest absolute Gasteiger partial charge is 0.311 e. The summed E-state index contributed by atoms with van der Waals surface area (Å²) in [5.74, 6) is -6.87. The van der Waals surface area contributed by atoms with Crippen LogP contribution in [0.1, 0.15) is 91.9 Å². The van der Waals surface area contributed by atoms with Crippen LogP contribution in [0.25, 0.3) is 0 Å². The molecule has 0 aromatic carbocycles. The van der Waals surface area contributed by atoms with E-state index in [0.717, 1.165) is 0 Å². The third-order valence-electron chi connectivity index (χ3n) is 13.7. The van der Waals surface area contributed by atoms with Crippen LogP contribution in [0.3, 0.4) is 0 Å². The lowest BCUT2D eigenvalue weighted by atomic mass is 9.82. The summed E-state index contributed by atoms with van der Waals surface area (Å²) in [6.07, 6.45) is 4.83. The van der Waals surface area contributed by atoms with Crippen molar-refractivity contribution < 1.29 is 84.7 Å². The molecule has 0 aliphatic carbocycles. The van der Waals surface area contributed by atoms with Gasteiger partial charge in [-0.3, -0.25) is 14.5 Å². The number of ether oxygens (including phenoxy) is 4. The van der Waals surface area contributed by atoms with E-state index >= 15 is 0 Å². The van der Waals surface area contributed by atoms with Gasteiger partial charge in [-0.25, -0.2) is 0 Å². The molecule has 3 heterocycles. The average molecular weight is 1040 g/mol. The fourth-order valence-electron chi connectivity index (χ4n) is 9.34. The van der Waals surface area contributed by atoms with Gasteiger partial charge < -0.3 is 86.6 Å². The van der Waals surface area contributed by atoms with Gasteiger partial charge >= 0.3 is 11.9 Å². The number of hydrogen-bond acceptors (Lipinski definition) is 19. The van der Waals surface area contributed by atoms with Gasteiger partial charge in [0.25, 0.3) is 0 Å². The molecule has 15 N–H and O–H groups in total. The standard InChI is InChI=1S/C53H87N3O17/c1-33-19-15-13-11-9-7-5-6-8-10-12-14-16-20-40(72-52-50(66)47(49(65)36(4)71-52)56(25-17-23-54)26-18-24-55)30-44-46(51(67)68)43(62)32-53(69,73-44)31-39(59)28-42(61)41(60)22-21-37(57)27-38(58)29-45(63)70-35(3)34(2)48(33)64/h5-16,19-20,33-44,46-50,52,57-62,64-66,69H,17-18,21-32,54-55H2,1-4H3,(H,67,68)/b6-5+,9-7+,10-8+,13-11+,14-12+,19-15-,20-16+/t33-,34-,35-,36+,37+,38+,39-,40-,41+,42+,43-,44-,46+,47-,48+,49+,50-,52-,53+/m0/s1.